The van der Waals surface area contributed by atoms with E-state index >= 15 is 0 Å². The lowest BCUT2D eigenvalue weighted by molar-refractivity contribution is 0.691. The Balaban J connectivity index is 1.96. The second-order valence-corrected chi connectivity index (χ2v) is 6.61. The highest BCUT2D eigenvalue weighted by Gasteiger charge is 2.19. The molecule has 1 unspecified atom stereocenters. The topological polar surface area (TPSA) is 12.0 Å². The molecule has 1 aliphatic carbocycles. The van der Waals surface area contributed by atoms with Gasteiger partial charge in [-0.3, -0.25) is 0 Å². The SMILES string of the molecule is CNC(c1cccc(C)c1)c1cc2c(s1)CCCC2. The molecule has 2 aromatic rings. The molecule has 100 valence electrons. The average molecular weight is 271 g/mol. The third-order valence-corrected chi connectivity index (χ3v) is 5.27. The van der Waals surface area contributed by atoms with E-state index in [0.717, 1.165) is 0 Å². The predicted molar refractivity (Wildman–Crippen MR) is 83.0 cm³/mol. The van der Waals surface area contributed by atoms with E-state index in [2.05, 4.69) is 49.6 Å². The van der Waals surface area contributed by atoms with E-state index in [4.69, 9.17) is 0 Å². The molecule has 0 saturated carbocycles. The van der Waals surface area contributed by atoms with Gasteiger partial charge in [-0.1, -0.05) is 29.8 Å². The van der Waals surface area contributed by atoms with Crippen LogP contribution < -0.4 is 5.32 Å². The van der Waals surface area contributed by atoms with Crippen LogP contribution in [0, 0.1) is 6.92 Å². The first-order chi connectivity index (χ1) is 9.28. The summed E-state index contributed by atoms with van der Waals surface area (Å²) >= 11 is 2.01. The lowest BCUT2D eigenvalue weighted by Gasteiger charge is -2.15. The van der Waals surface area contributed by atoms with E-state index in [0.29, 0.717) is 6.04 Å². The van der Waals surface area contributed by atoms with Crippen LogP contribution in [0.3, 0.4) is 0 Å². The molecule has 2 heteroatoms. The van der Waals surface area contributed by atoms with Crippen molar-refractivity contribution in [2.24, 2.45) is 0 Å². The van der Waals surface area contributed by atoms with Crippen molar-refractivity contribution in [2.75, 3.05) is 7.05 Å². The minimum Gasteiger partial charge on any atom is -0.309 e. The van der Waals surface area contributed by atoms with Crippen molar-refractivity contribution in [1.29, 1.82) is 0 Å². The first kappa shape index (κ1) is 12.9. The highest BCUT2D eigenvalue weighted by atomic mass is 32.1. The molecule has 0 fully saturated rings. The Hall–Kier alpha value is -1.12. The Morgan fingerprint density at radius 1 is 1.16 bits per heavy atom. The van der Waals surface area contributed by atoms with Crippen LogP contribution in [0.1, 0.15) is 45.3 Å². The van der Waals surface area contributed by atoms with Crippen LogP contribution in [0.2, 0.25) is 0 Å². The smallest absolute Gasteiger partial charge is 0.0668 e. The molecule has 1 heterocycles. The maximum Gasteiger partial charge on any atom is 0.0668 e. The average Bonchev–Trinajstić information content (AvgIpc) is 2.83. The number of fused-ring (bicyclic) bond motifs is 1. The van der Waals surface area contributed by atoms with E-state index in [1.54, 1.807) is 10.4 Å². The van der Waals surface area contributed by atoms with E-state index in [-0.39, 0.29) is 0 Å². The number of nitrogens with one attached hydrogen (secondary N) is 1. The Morgan fingerprint density at radius 3 is 2.74 bits per heavy atom. The Labute approximate surface area is 119 Å². The van der Waals surface area contributed by atoms with Gasteiger partial charge in [0.2, 0.25) is 0 Å². The van der Waals surface area contributed by atoms with Crippen LogP contribution in [0.25, 0.3) is 0 Å². The van der Waals surface area contributed by atoms with E-state index in [1.807, 2.05) is 11.3 Å². The maximum atomic E-state index is 3.48. The molecule has 1 aromatic heterocycles. The summed E-state index contributed by atoms with van der Waals surface area (Å²) in [5.74, 6) is 0. The number of thiophene rings is 1. The van der Waals surface area contributed by atoms with Crippen LogP contribution in [0.15, 0.2) is 30.3 Å². The lowest BCUT2D eigenvalue weighted by Crippen LogP contribution is -2.16. The van der Waals surface area contributed by atoms with Crippen molar-refractivity contribution in [3.8, 4) is 0 Å². The van der Waals surface area contributed by atoms with Crippen LogP contribution in [0.4, 0.5) is 0 Å². The van der Waals surface area contributed by atoms with Crippen LogP contribution in [-0.4, -0.2) is 7.05 Å². The molecule has 3 rings (SSSR count). The van der Waals surface area contributed by atoms with Gasteiger partial charge in [0.1, 0.15) is 0 Å². The summed E-state index contributed by atoms with van der Waals surface area (Å²) in [5, 5.41) is 3.48. The third-order valence-electron chi connectivity index (χ3n) is 3.96. The summed E-state index contributed by atoms with van der Waals surface area (Å²) in [6, 6.07) is 11.6. The van der Waals surface area contributed by atoms with E-state index in [9.17, 15) is 0 Å². The minimum absolute atomic E-state index is 0.343. The minimum atomic E-state index is 0.343. The molecule has 0 saturated heterocycles. The molecule has 1 N–H and O–H groups in total. The normalized spacial score (nSPS) is 16.1. The quantitative estimate of drug-likeness (QED) is 0.880. The van der Waals surface area contributed by atoms with E-state index in [1.165, 1.54) is 41.7 Å². The first-order valence-corrected chi connectivity index (χ1v) is 7.95. The van der Waals surface area contributed by atoms with Gasteiger partial charge in [0.25, 0.3) is 0 Å². The number of aryl methyl sites for hydroxylation is 3. The van der Waals surface area contributed by atoms with Crippen LogP contribution in [0.5, 0.6) is 0 Å². The largest absolute Gasteiger partial charge is 0.309 e. The second kappa shape index (κ2) is 5.48. The summed E-state index contributed by atoms with van der Waals surface area (Å²) in [5.41, 5.74) is 4.30. The van der Waals surface area contributed by atoms with Crippen LogP contribution in [-0.2, 0) is 12.8 Å². The predicted octanol–water partition coefficient (Wildman–Crippen LogP) is 4.24. The van der Waals surface area contributed by atoms with Crippen molar-refractivity contribution < 1.29 is 0 Å². The van der Waals surface area contributed by atoms with Crippen molar-refractivity contribution in [3.05, 3.63) is 56.8 Å². The van der Waals surface area contributed by atoms with Crippen molar-refractivity contribution in [1.82, 2.24) is 5.32 Å². The molecule has 0 radical (unpaired) electrons. The highest BCUT2D eigenvalue weighted by molar-refractivity contribution is 7.12. The van der Waals surface area contributed by atoms with Gasteiger partial charge >= 0.3 is 0 Å². The van der Waals surface area contributed by atoms with Crippen LogP contribution >= 0.6 is 11.3 Å². The molecule has 1 nitrogen and oxygen atoms in total. The van der Waals surface area contributed by atoms with Gasteiger partial charge in [0, 0.05) is 9.75 Å². The Morgan fingerprint density at radius 2 is 2.00 bits per heavy atom. The molecular formula is C17H21NS. The zero-order valence-electron chi connectivity index (χ0n) is 11.7. The third kappa shape index (κ3) is 2.60. The fraction of sp³-hybridized carbons (Fsp3) is 0.412. The molecule has 19 heavy (non-hydrogen) atoms. The molecule has 0 spiro atoms. The number of hydrogen-bond donors (Lipinski definition) is 1. The Kier molecular flexibility index (Phi) is 3.72. The van der Waals surface area contributed by atoms with Gasteiger partial charge in [-0.2, -0.15) is 0 Å². The summed E-state index contributed by atoms with van der Waals surface area (Å²) in [6.07, 6.45) is 5.28. The van der Waals surface area contributed by atoms with Crippen molar-refractivity contribution in [3.63, 3.8) is 0 Å². The summed E-state index contributed by atoms with van der Waals surface area (Å²) in [6.45, 7) is 2.16. The van der Waals surface area contributed by atoms with Gasteiger partial charge in [-0.25, -0.2) is 0 Å². The van der Waals surface area contributed by atoms with Gasteiger partial charge in [-0.05, 0) is 56.8 Å². The zero-order valence-corrected chi connectivity index (χ0v) is 12.5. The fourth-order valence-corrected chi connectivity index (χ4v) is 4.37. The monoisotopic (exact) mass is 271 g/mol. The second-order valence-electron chi connectivity index (χ2n) is 5.44. The van der Waals surface area contributed by atoms with Crippen molar-refractivity contribution in [2.45, 2.75) is 38.6 Å². The summed E-state index contributed by atoms with van der Waals surface area (Å²) in [7, 11) is 2.06. The summed E-state index contributed by atoms with van der Waals surface area (Å²) in [4.78, 5) is 3.09. The van der Waals surface area contributed by atoms with Gasteiger partial charge < -0.3 is 5.32 Å². The molecule has 0 bridgehead atoms. The maximum absolute atomic E-state index is 3.48. The Bertz CT molecular complexity index is 547. The standard InChI is InChI=1S/C17H21NS/c1-12-6-5-8-14(10-12)17(18-2)16-11-13-7-3-4-9-15(13)19-16/h5-6,8,10-11,17-18H,3-4,7,9H2,1-2H3. The molecule has 0 aliphatic heterocycles. The number of rotatable bonds is 3. The molecule has 1 aromatic carbocycles. The molecular weight excluding hydrogens is 250 g/mol. The fourth-order valence-electron chi connectivity index (χ4n) is 2.98. The van der Waals surface area contributed by atoms with E-state index < -0.39 is 0 Å². The van der Waals surface area contributed by atoms with Crippen molar-refractivity contribution >= 4 is 11.3 Å². The number of benzene rings is 1. The molecule has 1 aliphatic rings. The first-order valence-electron chi connectivity index (χ1n) is 7.13. The zero-order chi connectivity index (χ0) is 13.2. The molecule has 0 amide bonds. The van der Waals surface area contributed by atoms with Gasteiger partial charge in [0.15, 0.2) is 0 Å². The summed E-state index contributed by atoms with van der Waals surface area (Å²) < 4.78 is 0. The van der Waals surface area contributed by atoms with Gasteiger partial charge in [-0.15, -0.1) is 11.3 Å². The highest BCUT2D eigenvalue weighted by Crippen LogP contribution is 2.35. The van der Waals surface area contributed by atoms with Gasteiger partial charge in [0.05, 0.1) is 6.04 Å². The number of hydrogen-bond acceptors (Lipinski definition) is 2. The molecule has 1 atom stereocenters. The lowest BCUT2D eigenvalue weighted by atomic mass is 9.97.